The summed E-state index contributed by atoms with van der Waals surface area (Å²) in [5, 5.41) is 6.66. The second-order valence-corrected chi connectivity index (χ2v) is 10.8. The van der Waals surface area contributed by atoms with Gasteiger partial charge in [-0.3, -0.25) is 19.2 Å². The van der Waals surface area contributed by atoms with Gasteiger partial charge in [0.25, 0.3) is 0 Å². The van der Waals surface area contributed by atoms with E-state index in [4.69, 9.17) is 39.5 Å². The Morgan fingerprint density at radius 3 is 2.31 bits per heavy atom. The number of anilines is 1. The number of amides is 1. The van der Waals surface area contributed by atoms with Crippen LogP contribution in [-0.4, -0.2) is 53.9 Å². The fourth-order valence-electron chi connectivity index (χ4n) is 4.37. The number of rotatable bonds is 10. The molecule has 45 heavy (non-hydrogen) atoms. The summed E-state index contributed by atoms with van der Waals surface area (Å²) in [7, 11) is 0. The Morgan fingerprint density at radius 2 is 1.78 bits per heavy atom. The Bertz CT molecular complexity index is 1670. The number of aromatic nitrogens is 5. The van der Waals surface area contributed by atoms with Gasteiger partial charge in [0.15, 0.2) is 5.82 Å². The molecule has 4 rings (SSSR count). The molecule has 1 unspecified atom stereocenters. The first kappa shape index (κ1) is 35.7. The van der Waals surface area contributed by atoms with Gasteiger partial charge in [-0.25, -0.2) is 13.8 Å². The van der Waals surface area contributed by atoms with Crippen LogP contribution in [0.5, 0.6) is 0 Å². The van der Waals surface area contributed by atoms with E-state index in [2.05, 4.69) is 10.2 Å². The molecule has 0 aliphatic carbocycles. The minimum Gasteiger partial charge on any atom is -0.465 e. The first-order valence-corrected chi connectivity index (χ1v) is 14.8. The summed E-state index contributed by atoms with van der Waals surface area (Å²) < 4.78 is 47.2. The average molecular weight is 690 g/mol. The van der Waals surface area contributed by atoms with Crippen molar-refractivity contribution in [3.63, 3.8) is 0 Å². The number of nitrogens with zero attached hydrogens (tertiary/aromatic N) is 6. The molecule has 0 N–H and O–H groups in total. The zero-order chi connectivity index (χ0) is 33.4. The Kier molecular flexibility index (Phi) is 12.6. The maximum absolute atomic E-state index is 14.2. The monoisotopic (exact) mass is 688 g/mol. The third kappa shape index (κ3) is 8.68. The van der Waals surface area contributed by atoms with E-state index in [1.165, 1.54) is 6.92 Å². The normalized spacial score (nSPS) is 11.6. The third-order valence-corrected chi connectivity index (χ3v) is 7.34. The van der Waals surface area contributed by atoms with Crippen molar-refractivity contribution in [2.75, 3.05) is 17.4 Å². The second kappa shape index (κ2) is 16.0. The lowest BCUT2D eigenvalue weighted by Gasteiger charge is -2.25. The quantitative estimate of drug-likeness (QED) is 0.150. The number of carbonyl (C=O) groups is 2. The molecule has 0 aliphatic heterocycles. The minimum absolute atomic E-state index is 0.0424. The molecule has 0 saturated heterocycles. The second-order valence-electron chi connectivity index (χ2n) is 9.59. The van der Waals surface area contributed by atoms with Gasteiger partial charge in [0.1, 0.15) is 29.4 Å². The van der Waals surface area contributed by atoms with E-state index in [9.17, 15) is 27.6 Å². The molecule has 0 fully saturated rings. The lowest BCUT2D eigenvalue weighted by atomic mass is 10.1. The highest BCUT2D eigenvalue weighted by molar-refractivity contribution is 6.32. The number of alkyl halides is 4. The largest absolute Gasteiger partial charge is 0.465 e. The number of aryl methyl sites for hydroxylation is 3. The fourth-order valence-corrected chi connectivity index (χ4v) is 4.97. The van der Waals surface area contributed by atoms with Gasteiger partial charge >= 0.3 is 18.2 Å². The Hall–Kier alpha value is -3.81. The van der Waals surface area contributed by atoms with E-state index in [0.717, 1.165) is 28.9 Å². The zero-order valence-electron chi connectivity index (χ0n) is 24.7. The van der Waals surface area contributed by atoms with Crippen LogP contribution in [0.15, 0.2) is 53.6 Å². The lowest BCUT2D eigenvalue weighted by Crippen LogP contribution is -2.35. The van der Waals surface area contributed by atoms with Gasteiger partial charge in [-0.2, -0.15) is 18.6 Å². The highest BCUT2D eigenvalue weighted by Crippen LogP contribution is 2.27. The molecule has 0 radical (unpaired) electrons. The molecule has 2 aromatic carbocycles. The summed E-state index contributed by atoms with van der Waals surface area (Å²) in [6, 6.07) is 9.80. The minimum atomic E-state index is -3.12. The van der Waals surface area contributed by atoms with E-state index in [1.807, 2.05) is 44.3 Å². The van der Waals surface area contributed by atoms with Gasteiger partial charge in [-0.1, -0.05) is 29.8 Å². The molecule has 242 valence electrons. The highest BCUT2D eigenvalue weighted by Gasteiger charge is 2.24. The van der Waals surface area contributed by atoms with Crippen LogP contribution in [0.2, 0.25) is 5.02 Å². The number of hydrogen-bond donors (Lipinski definition) is 0. The number of para-hydroxylation sites is 1. The van der Waals surface area contributed by atoms with Crippen LogP contribution in [-0.2, 0) is 27.4 Å². The maximum atomic E-state index is 14.2. The number of benzene rings is 2. The van der Waals surface area contributed by atoms with Gasteiger partial charge in [0.05, 0.1) is 12.3 Å². The summed E-state index contributed by atoms with van der Waals surface area (Å²) in [6.07, 6.45) is 3.39. The fraction of sp³-hybridized carbons (Fsp3) is 0.345. The zero-order valence-corrected chi connectivity index (χ0v) is 27.0. The summed E-state index contributed by atoms with van der Waals surface area (Å²) >= 11 is 17.6. The van der Waals surface area contributed by atoms with Crippen molar-refractivity contribution >= 4 is 52.4 Å². The molecule has 16 heteroatoms. The van der Waals surface area contributed by atoms with Crippen LogP contribution in [0.4, 0.5) is 18.9 Å². The summed E-state index contributed by atoms with van der Waals surface area (Å²) in [5.74, 6) is -2.10. The molecular weight excluding hydrogens is 660 g/mol. The summed E-state index contributed by atoms with van der Waals surface area (Å²) in [6.45, 7) is 4.14. The predicted octanol–water partition coefficient (Wildman–Crippen LogP) is 5.97. The van der Waals surface area contributed by atoms with Gasteiger partial charge in [0.2, 0.25) is 5.91 Å². The first-order chi connectivity index (χ1) is 21.3. The lowest BCUT2D eigenvalue weighted by molar-refractivity contribution is -0.142. The van der Waals surface area contributed by atoms with Gasteiger partial charge < -0.3 is 4.74 Å². The molecule has 10 nitrogen and oxygen atoms in total. The van der Waals surface area contributed by atoms with E-state index < -0.39 is 29.4 Å². The molecule has 2 aromatic heterocycles. The number of carbonyl (C=O) groups excluding carboxylic acids is 2. The summed E-state index contributed by atoms with van der Waals surface area (Å²) in [4.78, 5) is 37.5. The van der Waals surface area contributed by atoms with E-state index in [-0.39, 0.29) is 51.5 Å². The van der Waals surface area contributed by atoms with Crippen molar-refractivity contribution in [3.05, 3.63) is 92.6 Å². The molecule has 0 bridgehead atoms. The third-order valence-electron chi connectivity index (χ3n) is 6.43. The van der Waals surface area contributed by atoms with E-state index in [0.29, 0.717) is 11.4 Å². The van der Waals surface area contributed by atoms with Crippen molar-refractivity contribution < 1.29 is 27.5 Å². The maximum Gasteiger partial charge on any atom is 0.355 e. The van der Waals surface area contributed by atoms with Crippen molar-refractivity contribution in [3.8, 4) is 5.69 Å². The molecule has 2 heterocycles. The van der Waals surface area contributed by atoms with Crippen molar-refractivity contribution in [2.45, 2.75) is 52.7 Å². The first-order valence-electron chi connectivity index (χ1n) is 13.5. The Balaban J connectivity index is 0.000000257. The van der Waals surface area contributed by atoms with Crippen LogP contribution in [0.25, 0.3) is 5.69 Å². The summed E-state index contributed by atoms with van der Waals surface area (Å²) in [5.41, 5.74) is 1.63. The number of esters is 1. The molecule has 4 aromatic rings. The van der Waals surface area contributed by atoms with Crippen LogP contribution in [0.3, 0.4) is 0 Å². The van der Waals surface area contributed by atoms with Gasteiger partial charge in [-0.15, -0.1) is 28.3 Å². The average Bonchev–Trinajstić information content (AvgIpc) is 3.60. The molecule has 1 atom stereocenters. The standard InChI is InChI=1S/C15H14Cl2F3N3O3.C14H16ClN3O/c1-3-26-13(24)10(17)4-8-5-12(11(18)6-9(8)16)23-15(25)22(14(19)20)7(2)21-23;1-11-5-3-6-12(2)14(11)18(13(19)9-15)10-17-8-4-7-16-17/h5-6,10,14H,3-4H2,1-2H3;3-8H,9-10H2,1-2H3. The SMILES string of the molecule is CCOC(=O)C(Cl)Cc1cc(-n2nc(C)n(C(F)F)c2=O)c(F)cc1Cl.Cc1cccc(C)c1N(Cn1cccn1)C(=O)CCl. The van der Waals surface area contributed by atoms with Crippen LogP contribution in [0.1, 0.15) is 36.0 Å². The Morgan fingerprint density at radius 1 is 1.11 bits per heavy atom. The number of halogens is 6. The molecule has 0 aliphatic rings. The van der Waals surface area contributed by atoms with Gasteiger partial charge in [-0.05, 0) is 62.6 Å². The van der Waals surface area contributed by atoms with Crippen LogP contribution in [0, 0.1) is 26.6 Å². The van der Waals surface area contributed by atoms with Crippen LogP contribution >= 0.6 is 34.8 Å². The topological polar surface area (TPSA) is 104 Å². The van der Waals surface area contributed by atoms with Crippen molar-refractivity contribution in [1.82, 2.24) is 24.1 Å². The Labute approximate surface area is 271 Å². The number of hydrogen-bond acceptors (Lipinski definition) is 6. The van der Waals surface area contributed by atoms with E-state index >= 15 is 0 Å². The predicted molar refractivity (Wildman–Crippen MR) is 165 cm³/mol. The molecule has 0 saturated carbocycles. The highest BCUT2D eigenvalue weighted by atomic mass is 35.5. The smallest absolute Gasteiger partial charge is 0.355 e. The molecule has 0 spiro atoms. The van der Waals surface area contributed by atoms with Gasteiger partial charge in [0, 0.05) is 23.8 Å². The molecule has 1 amide bonds. The van der Waals surface area contributed by atoms with E-state index in [1.54, 1.807) is 22.7 Å². The van der Waals surface area contributed by atoms with Crippen molar-refractivity contribution in [2.24, 2.45) is 0 Å². The number of ether oxygens (including phenoxy) is 1. The van der Waals surface area contributed by atoms with Crippen LogP contribution < -0.4 is 10.6 Å². The van der Waals surface area contributed by atoms with Crippen molar-refractivity contribution in [1.29, 1.82) is 0 Å². The molecular formula is C29H30Cl3F3N6O4.